The highest BCUT2D eigenvalue weighted by atomic mass is 16.7. The molecule has 82 valence electrons. The Hall–Kier alpha value is -1.85. The maximum Gasteiger partial charge on any atom is 0.511 e. The van der Waals surface area contributed by atoms with E-state index in [1.807, 2.05) is 20.8 Å². The summed E-state index contributed by atoms with van der Waals surface area (Å²) in [6, 6.07) is -0.405. The van der Waals surface area contributed by atoms with Crippen molar-refractivity contribution in [3.8, 4) is 11.8 Å². The van der Waals surface area contributed by atoms with E-state index in [0.29, 0.717) is 5.69 Å². The summed E-state index contributed by atoms with van der Waals surface area (Å²) in [7, 11) is 0. The molecule has 0 fully saturated rings. The molecular weight excluding hydrogens is 200 g/mol. The molecule has 0 saturated carbocycles. The van der Waals surface area contributed by atoms with Crippen molar-refractivity contribution >= 4 is 6.16 Å². The van der Waals surface area contributed by atoms with E-state index in [1.54, 1.807) is 0 Å². The van der Waals surface area contributed by atoms with Gasteiger partial charge in [0.05, 0.1) is 11.9 Å². The van der Waals surface area contributed by atoms with Crippen molar-refractivity contribution in [2.24, 2.45) is 0 Å². The fourth-order valence-electron chi connectivity index (χ4n) is 1.07. The molecular formula is C9H12N2O4. The van der Waals surface area contributed by atoms with Gasteiger partial charge in [-0.25, -0.2) is 4.79 Å². The van der Waals surface area contributed by atoms with E-state index in [0.717, 1.165) is 6.20 Å². The fourth-order valence-corrected chi connectivity index (χ4v) is 1.07. The van der Waals surface area contributed by atoms with Gasteiger partial charge in [0.2, 0.25) is 0 Å². The molecule has 0 unspecified atom stereocenters. The summed E-state index contributed by atoms with van der Waals surface area (Å²) in [4.78, 5) is 17.6. The molecule has 1 rings (SSSR count). The van der Waals surface area contributed by atoms with Gasteiger partial charge in [-0.05, 0) is 0 Å². The minimum absolute atomic E-state index is 0.0350. The number of rotatable bonds is 1. The first-order valence-corrected chi connectivity index (χ1v) is 4.28. The van der Waals surface area contributed by atoms with E-state index >= 15 is 0 Å². The second-order valence-electron chi connectivity index (χ2n) is 4.00. The quantitative estimate of drug-likeness (QED) is 0.686. The molecule has 15 heavy (non-hydrogen) atoms. The molecule has 0 spiro atoms. The van der Waals surface area contributed by atoms with E-state index in [4.69, 9.17) is 10.2 Å². The lowest BCUT2D eigenvalue weighted by Crippen LogP contribution is -2.17. The summed E-state index contributed by atoms with van der Waals surface area (Å²) in [6.07, 6.45) is -0.299. The topological polar surface area (TPSA) is 92.5 Å². The Morgan fingerprint density at radius 3 is 2.53 bits per heavy atom. The summed E-state index contributed by atoms with van der Waals surface area (Å²) < 4.78 is 4.51. The van der Waals surface area contributed by atoms with E-state index in [9.17, 15) is 4.79 Å². The van der Waals surface area contributed by atoms with Crippen LogP contribution in [0.4, 0.5) is 4.79 Å². The fraction of sp³-hybridized carbons (Fsp3) is 0.444. The molecule has 0 amide bonds. The molecule has 0 radical (unpaired) electrons. The van der Waals surface area contributed by atoms with Gasteiger partial charge < -0.3 is 14.9 Å². The summed E-state index contributed by atoms with van der Waals surface area (Å²) in [6.45, 7) is 5.47. The zero-order valence-electron chi connectivity index (χ0n) is 8.68. The van der Waals surface area contributed by atoms with Crippen molar-refractivity contribution in [1.82, 2.24) is 9.97 Å². The average Bonchev–Trinajstić information content (AvgIpc) is 2.05. The summed E-state index contributed by atoms with van der Waals surface area (Å²) in [5, 5.41) is 17.6. The third-order valence-electron chi connectivity index (χ3n) is 1.65. The summed E-state index contributed by atoms with van der Waals surface area (Å²) in [5.41, 5.74) is -0.0945. The second kappa shape index (κ2) is 3.72. The SMILES string of the molecule is CC(C)(C)c1nc(O)ncc1OC(=O)O. The Morgan fingerprint density at radius 1 is 1.47 bits per heavy atom. The van der Waals surface area contributed by atoms with E-state index in [1.165, 1.54) is 0 Å². The number of hydrogen-bond donors (Lipinski definition) is 2. The highest BCUT2D eigenvalue weighted by molar-refractivity contribution is 5.61. The van der Waals surface area contributed by atoms with Crippen molar-refractivity contribution in [3.63, 3.8) is 0 Å². The number of ether oxygens (including phenoxy) is 1. The van der Waals surface area contributed by atoms with E-state index < -0.39 is 17.6 Å². The van der Waals surface area contributed by atoms with Gasteiger partial charge in [-0.3, -0.25) is 0 Å². The zero-order valence-corrected chi connectivity index (χ0v) is 8.68. The monoisotopic (exact) mass is 212 g/mol. The smallest absolute Gasteiger partial charge is 0.479 e. The van der Waals surface area contributed by atoms with Crippen LogP contribution in [0.2, 0.25) is 0 Å². The maximum absolute atomic E-state index is 10.4. The van der Waals surface area contributed by atoms with Crippen LogP contribution in [-0.2, 0) is 5.41 Å². The molecule has 1 heterocycles. The first-order chi connectivity index (χ1) is 6.80. The van der Waals surface area contributed by atoms with Crippen LogP contribution in [0.15, 0.2) is 6.20 Å². The average molecular weight is 212 g/mol. The van der Waals surface area contributed by atoms with Crippen LogP contribution in [0.1, 0.15) is 26.5 Å². The van der Waals surface area contributed by atoms with Gasteiger partial charge in [0, 0.05) is 5.41 Å². The van der Waals surface area contributed by atoms with Crippen LogP contribution in [0.3, 0.4) is 0 Å². The second-order valence-corrected chi connectivity index (χ2v) is 4.00. The molecule has 2 N–H and O–H groups in total. The molecule has 6 nitrogen and oxygen atoms in total. The minimum atomic E-state index is -1.44. The highest BCUT2D eigenvalue weighted by Gasteiger charge is 2.23. The lowest BCUT2D eigenvalue weighted by atomic mass is 9.91. The van der Waals surface area contributed by atoms with Gasteiger partial charge in [0.15, 0.2) is 5.75 Å². The third kappa shape index (κ3) is 2.80. The van der Waals surface area contributed by atoms with Crippen LogP contribution < -0.4 is 4.74 Å². The van der Waals surface area contributed by atoms with Crippen LogP contribution >= 0.6 is 0 Å². The number of carboxylic acid groups (broad SMARTS) is 1. The van der Waals surface area contributed by atoms with Crippen LogP contribution in [0.25, 0.3) is 0 Å². The standard InChI is InChI=1S/C9H12N2O4/c1-9(2,3)6-5(15-8(13)14)4-10-7(12)11-6/h4H,1-3H3,(H,13,14)(H,10,11,12). The molecule has 0 aromatic carbocycles. The largest absolute Gasteiger partial charge is 0.511 e. The lowest BCUT2D eigenvalue weighted by Gasteiger charge is -2.19. The van der Waals surface area contributed by atoms with Gasteiger partial charge in [0.1, 0.15) is 0 Å². The highest BCUT2D eigenvalue weighted by Crippen LogP contribution is 2.29. The minimum Gasteiger partial charge on any atom is -0.479 e. The zero-order chi connectivity index (χ0) is 11.6. The Bertz CT molecular complexity index is 384. The molecule has 0 bridgehead atoms. The van der Waals surface area contributed by atoms with Gasteiger partial charge in [-0.1, -0.05) is 20.8 Å². The number of nitrogens with zero attached hydrogens (tertiary/aromatic N) is 2. The van der Waals surface area contributed by atoms with Crippen molar-refractivity contribution in [3.05, 3.63) is 11.9 Å². The van der Waals surface area contributed by atoms with Crippen molar-refractivity contribution in [1.29, 1.82) is 0 Å². The maximum atomic E-state index is 10.4. The summed E-state index contributed by atoms with van der Waals surface area (Å²) >= 11 is 0. The Morgan fingerprint density at radius 2 is 2.07 bits per heavy atom. The predicted octanol–water partition coefficient (Wildman–Crippen LogP) is 1.54. The molecule has 0 aliphatic rings. The van der Waals surface area contributed by atoms with Crippen LogP contribution in [-0.4, -0.2) is 26.3 Å². The van der Waals surface area contributed by atoms with Gasteiger partial charge in [0.25, 0.3) is 0 Å². The number of carbonyl (C=O) groups is 1. The molecule has 0 atom stereocenters. The van der Waals surface area contributed by atoms with Gasteiger partial charge in [-0.15, -0.1) is 0 Å². The molecule has 0 aliphatic heterocycles. The van der Waals surface area contributed by atoms with Crippen LogP contribution in [0.5, 0.6) is 11.8 Å². The number of aromatic nitrogens is 2. The first kappa shape index (κ1) is 11.2. The number of hydrogen-bond acceptors (Lipinski definition) is 5. The molecule has 6 heteroatoms. The lowest BCUT2D eigenvalue weighted by molar-refractivity contribution is 0.143. The van der Waals surface area contributed by atoms with Crippen molar-refractivity contribution < 1.29 is 19.7 Å². The van der Waals surface area contributed by atoms with Crippen LogP contribution in [0, 0.1) is 0 Å². The van der Waals surface area contributed by atoms with Crippen molar-refractivity contribution in [2.75, 3.05) is 0 Å². The Kier molecular flexibility index (Phi) is 2.78. The normalized spacial score (nSPS) is 11.1. The molecule has 0 saturated heterocycles. The third-order valence-corrected chi connectivity index (χ3v) is 1.65. The van der Waals surface area contributed by atoms with Crippen molar-refractivity contribution in [2.45, 2.75) is 26.2 Å². The first-order valence-electron chi connectivity index (χ1n) is 4.28. The molecule has 1 aromatic rings. The number of aromatic hydroxyl groups is 1. The summed E-state index contributed by atoms with van der Waals surface area (Å²) in [5.74, 6) is 0.0350. The van der Waals surface area contributed by atoms with Gasteiger partial charge >= 0.3 is 12.2 Å². The van der Waals surface area contributed by atoms with Gasteiger partial charge in [-0.2, -0.15) is 9.97 Å². The molecule has 0 aliphatic carbocycles. The van der Waals surface area contributed by atoms with E-state index in [-0.39, 0.29) is 5.75 Å². The van der Waals surface area contributed by atoms with E-state index in [2.05, 4.69) is 14.7 Å². The Labute approximate surface area is 86.6 Å². The predicted molar refractivity (Wildman–Crippen MR) is 51.0 cm³/mol. The Balaban J connectivity index is 3.20. The molecule has 1 aromatic heterocycles.